The van der Waals surface area contributed by atoms with E-state index in [1.54, 1.807) is 19.1 Å². The molecular weight excluding hydrogens is 449 g/mol. The van der Waals surface area contributed by atoms with Crippen molar-refractivity contribution in [2.75, 3.05) is 13.2 Å². The van der Waals surface area contributed by atoms with Gasteiger partial charge in [-0.25, -0.2) is 9.19 Å². The molecule has 1 aliphatic heterocycles. The molecule has 1 saturated heterocycles. The van der Waals surface area contributed by atoms with Crippen LogP contribution in [0.25, 0.3) is 11.0 Å². The highest BCUT2D eigenvalue weighted by Gasteiger charge is 2.35. The van der Waals surface area contributed by atoms with Crippen LogP contribution < -0.4 is 0 Å². The molecule has 180 valence electrons. The molecule has 0 N–H and O–H groups in total. The second-order valence-corrected chi connectivity index (χ2v) is 10.7. The van der Waals surface area contributed by atoms with Crippen molar-refractivity contribution in [1.82, 2.24) is 9.55 Å². The van der Waals surface area contributed by atoms with Gasteiger partial charge in [0.1, 0.15) is 5.82 Å². The smallest absolute Gasteiger partial charge is 0.381 e. The fourth-order valence-electron chi connectivity index (χ4n) is 4.06. The highest BCUT2D eigenvalue weighted by Crippen LogP contribution is 2.34. The van der Waals surface area contributed by atoms with Crippen LogP contribution in [0.1, 0.15) is 46.4 Å². The Morgan fingerprint density at radius 1 is 1.27 bits per heavy atom. The summed E-state index contributed by atoms with van der Waals surface area (Å²) in [5.74, 6) is 1.37. The van der Waals surface area contributed by atoms with E-state index in [1.165, 1.54) is 12.2 Å². The third-order valence-electron chi connectivity index (χ3n) is 5.68. The van der Waals surface area contributed by atoms with Gasteiger partial charge in [0.15, 0.2) is 0 Å². The first-order valence-corrected chi connectivity index (χ1v) is 12.2. The Kier molecular flexibility index (Phi) is 7.69. The molecule has 0 radical (unpaired) electrons. The molecule has 2 heterocycles. The van der Waals surface area contributed by atoms with Crippen LogP contribution in [-0.2, 0) is 27.5 Å². The normalized spacial score (nSPS) is 18.0. The molecule has 8 heteroatoms. The number of aromatic nitrogens is 2. The summed E-state index contributed by atoms with van der Waals surface area (Å²) in [6.45, 7) is 13.4. The van der Waals surface area contributed by atoms with E-state index in [1.807, 2.05) is 6.07 Å². The Labute approximate surface area is 195 Å². The van der Waals surface area contributed by atoms with Crippen molar-refractivity contribution >= 4 is 21.8 Å². The predicted octanol–water partition coefficient (Wildman–Crippen LogP) is 6.45. The van der Waals surface area contributed by atoms with Crippen LogP contribution in [0.4, 0.5) is 13.2 Å². The van der Waals surface area contributed by atoms with Crippen molar-refractivity contribution in [2.24, 2.45) is 5.92 Å². The average Bonchev–Trinajstić information content (AvgIpc) is 3.11. The number of benzene rings is 1. The fraction of sp³-hybridized carbons (Fsp3) is 0.480. The highest BCUT2D eigenvalue weighted by molar-refractivity contribution is 7.89. The number of hydrogen-bond donors (Lipinski definition) is 0. The Balaban J connectivity index is 2.10. The maximum absolute atomic E-state index is 13.5. The lowest BCUT2D eigenvalue weighted by Crippen LogP contribution is -2.25. The van der Waals surface area contributed by atoms with E-state index in [2.05, 4.69) is 31.9 Å². The van der Waals surface area contributed by atoms with E-state index >= 15 is 0 Å². The fourth-order valence-corrected chi connectivity index (χ4v) is 5.38. The van der Waals surface area contributed by atoms with Crippen molar-refractivity contribution in [1.29, 1.82) is 0 Å². The molecule has 0 amide bonds. The zero-order chi connectivity index (χ0) is 24.4. The largest absolute Gasteiger partial charge is 0.417 e. The predicted molar refractivity (Wildman–Crippen MR) is 126 cm³/mol. The van der Waals surface area contributed by atoms with Gasteiger partial charge in [0.05, 0.1) is 32.3 Å². The van der Waals surface area contributed by atoms with Gasteiger partial charge >= 0.3 is 6.18 Å². The van der Waals surface area contributed by atoms with Crippen molar-refractivity contribution in [3.63, 3.8) is 0 Å². The third kappa shape index (κ3) is 5.66. The second kappa shape index (κ2) is 9.97. The number of imidazole rings is 1. The molecule has 33 heavy (non-hydrogen) atoms. The number of hydrogen-bond acceptors (Lipinski definition) is 3. The van der Waals surface area contributed by atoms with Gasteiger partial charge in [-0.15, -0.1) is 0 Å². The standard InChI is InChI=1S/C25H31F3N2O2S/c1-6-8-22(19(7-2)25(26,27)28)33(31)18-9-10-21-20(15-18)29-23(24(3,4)5)30(21)16-17-11-13-32-14-12-17/h6-10,15,17H,2,11-14,16H2,1,3-5H3/b8-6-,22-19-. The Morgan fingerprint density at radius 2 is 1.94 bits per heavy atom. The molecule has 1 aromatic heterocycles. The molecular formula is C25H31F3N2O2S. The molecule has 0 bridgehead atoms. The first-order chi connectivity index (χ1) is 15.5. The highest BCUT2D eigenvalue weighted by atomic mass is 32.2. The van der Waals surface area contributed by atoms with Gasteiger partial charge in [0, 0.05) is 30.1 Å². The van der Waals surface area contributed by atoms with Crippen molar-refractivity contribution < 1.29 is 22.1 Å². The Hall–Kier alpha value is -2.19. The number of ether oxygens (including phenoxy) is 1. The van der Waals surface area contributed by atoms with Crippen LogP contribution in [0.15, 0.2) is 58.4 Å². The first kappa shape index (κ1) is 25.4. The van der Waals surface area contributed by atoms with Gasteiger partial charge < -0.3 is 9.30 Å². The van der Waals surface area contributed by atoms with Gasteiger partial charge in [-0.2, -0.15) is 13.2 Å². The number of rotatable bonds is 6. The maximum Gasteiger partial charge on any atom is 0.417 e. The molecule has 1 unspecified atom stereocenters. The average molecular weight is 481 g/mol. The van der Waals surface area contributed by atoms with E-state index < -0.39 is 22.5 Å². The van der Waals surface area contributed by atoms with Crippen LogP contribution in [0.5, 0.6) is 0 Å². The lowest BCUT2D eigenvalue weighted by Gasteiger charge is -2.26. The molecule has 4 nitrogen and oxygen atoms in total. The van der Waals surface area contributed by atoms with E-state index in [-0.39, 0.29) is 15.2 Å². The summed E-state index contributed by atoms with van der Waals surface area (Å²) >= 11 is 0. The Morgan fingerprint density at radius 3 is 2.48 bits per heavy atom. The number of nitrogens with zero attached hydrogens (tertiary/aromatic N) is 2. The van der Waals surface area contributed by atoms with Crippen molar-refractivity contribution in [3.05, 3.63) is 59.3 Å². The first-order valence-electron chi connectivity index (χ1n) is 11.0. The third-order valence-corrected chi connectivity index (χ3v) is 7.12. The lowest BCUT2D eigenvalue weighted by molar-refractivity contribution is -0.0883. The summed E-state index contributed by atoms with van der Waals surface area (Å²) in [6, 6.07) is 5.09. The number of fused-ring (bicyclic) bond motifs is 1. The molecule has 2 aromatic rings. The van der Waals surface area contributed by atoms with Crippen LogP contribution in [0.2, 0.25) is 0 Å². The summed E-state index contributed by atoms with van der Waals surface area (Å²) in [4.78, 5) is 4.78. The summed E-state index contributed by atoms with van der Waals surface area (Å²) in [7, 11) is -2.04. The maximum atomic E-state index is 13.5. The molecule has 0 aliphatic carbocycles. The molecule has 3 rings (SSSR count). The number of allylic oxidation sites excluding steroid dienone is 4. The van der Waals surface area contributed by atoms with Crippen LogP contribution in [0.3, 0.4) is 0 Å². The molecule has 1 aliphatic rings. The van der Waals surface area contributed by atoms with Gasteiger partial charge in [-0.1, -0.05) is 39.5 Å². The molecule has 0 saturated carbocycles. The molecule has 0 spiro atoms. The minimum atomic E-state index is -4.65. The molecule has 1 fully saturated rings. The van der Waals surface area contributed by atoms with Crippen molar-refractivity contribution in [2.45, 2.75) is 63.6 Å². The second-order valence-electron chi connectivity index (χ2n) is 9.25. The van der Waals surface area contributed by atoms with Crippen LogP contribution in [0, 0.1) is 5.92 Å². The molecule has 1 atom stereocenters. The van der Waals surface area contributed by atoms with Gasteiger partial charge in [0.25, 0.3) is 0 Å². The summed E-state index contributed by atoms with van der Waals surface area (Å²) in [5.41, 5.74) is 0.291. The van der Waals surface area contributed by atoms with E-state index in [0.717, 1.165) is 43.9 Å². The minimum absolute atomic E-state index is 0.230. The quantitative estimate of drug-likeness (QED) is 0.447. The minimum Gasteiger partial charge on any atom is -0.381 e. The van der Waals surface area contributed by atoms with Gasteiger partial charge in [-0.3, -0.25) is 0 Å². The van der Waals surface area contributed by atoms with E-state index in [4.69, 9.17) is 9.72 Å². The van der Waals surface area contributed by atoms with Crippen LogP contribution in [-0.4, -0.2) is 33.2 Å². The van der Waals surface area contributed by atoms with Crippen LogP contribution >= 0.6 is 0 Å². The number of alkyl halides is 3. The topological polar surface area (TPSA) is 44.1 Å². The van der Waals surface area contributed by atoms with Crippen molar-refractivity contribution in [3.8, 4) is 0 Å². The van der Waals surface area contributed by atoms with E-state index in [9.17, 15) is 17.4 Å². The summed E-state index contributed by atoms with van der Waals surface area (Å²) in [5, 5.41) is 0. The summed E-state index contributed by atoms with van der Waals surface area (Å²) in [6.07, 6.45) is 0.693. The SMILES string of the molecule is C=C/C(=C(\C=C/C)S(=O)c1ccc2c(c1)nc(C(C)(C)C)n2CC1CCOCC1)C(F)(F)F. The van der Waals surface area contributed by atoms with E-state index in [0.29, 0.717) is 17.5 Å². The summed E-state index contributed by atoms with van der Waals surface area (Å²) < 4.78 is 61.5. The number of halogens is 3. The Bertz CT molecular complexity index is 1100. The van der Waals surface area contributed by atoms with Gasteiger partial charge in [0.2, 0.25) is 0 Å². The zero-order valence-electron chi connectivity index (χ0n) is 19.5. The molecule has 1 aromatic carbocycles. The van der Waals surface area contributed by atoms with Gasteiger partial charge in [-0.05, 0) is 50.0 Å². The zero-order valence-corrected chi connectivity index (χ0v) is 20.4. The monoisotopic (exact) mass is 480 g/mol. The lowest BCUT2D eigenvalue weighted by atomic mass is 9.94.